The lowest BCUT2D eigenvalue weighted by molar-refractivity contribution is -0.139. The zero-order valence-electron chi connectivity index (χ0n) is 13.4. The monoisotopic (exact) mass is 345 g/mol. The molecule has 1 aromatic rings. The zero-order valence-corrected chi connectivity index (χ0v) is 13.4. The van der Waals surface area contributed by atoms with Gasteiger partial charge in [-0.2, -0.15) is 13.2 Å². The maximum absolute atomic E-state index is 12.7. The number of pyridine rings is 1. The quantitative estimate of drug-likeness (QED) is 0.801. The van der Waals surface area contributed by atoms with Crippen LogP contribution in [0.1, 0.15) is 31.2 Å². The number of aromatic nitrogens is 1. The third-order valence-electron chi connectivity index (χ3n) is 4.06. The van der Waals surface area contributed by atoms with Crippen molar-refractivity contribution in [2.45, 2.75) is 38.4 Å². The Bertz CT molecular complexity index is 607. The van der Waals surface area contributed by atoms with Gasteiger partial charge in [0.2, 0.25) is 5.91 Å². The first-order valence-corrected chi connectivity index (χ1v) is 8.13. The van der Waals surface area contributed by atoms with Crippen molar-refractivity contribution >= 4 is 5.91 Å². The number of carbonyl (C=O) groups excluding carboxylic acids is 1. The fraction of sp³-hybridized carbons (Fsp3) is 0.625. The van der Waals surface area contributed by atoms with E-state index >= 15 is 0 Å². The number of hydrogen-bond donors (Lipinski definition) is 1. The van der Waals surface area contributed by atoms with Crippen molar-refractivity contribution in [1.82, 2.24) is 14.8 Å². The average Bonchev–Trinajstić information content (AvgIpc) is 2.53. The van der Waals surface area contributed by atoms with Crippen molar-refractivity contribution in [1.29, 1.82) is 0 Å². The maximum Gasteiger partial charge on any atom is 0.421 e. The van der Waals surface area contributed by atoms with Crippen LogP contribution in [0.4, 0.5) is 13.2 Å². The largest absolute Gasteiger partial charge is 0.421 e. The Labute approximate surface area is 138 Å². The van der Waals surface area contributed by atoms with Crippen molar-refractivity contribution in [3.05, 3.63) is 34.2 Å². The lowest BCUT2D eigenvalue weighted by Crippen LogP contribution is -2.36. The highest BCUT2D eigenvalue weighted by atomic mass is 19.4. The molecule has 2 heterocycles. The molecule has 1 aromatic heterocycles. The molecule has 1 fully saturated rings. The number of piperidine rings is 1. The minimum atomic E-state index is -4.72. The van der Waals surface area contributed by atoms with Crippen molar-refractivity contribution in [2.24, 2.45) is 0 Å². The van der Waals surface area contributed by atoms with Crippen LogP contribution in [0.25, 0.3) is 0 Å². The SMILES string of the molecule is O=C(Cn1cccc(C(F)(F)F)c1=O)NCCCN1CCCCC1. The fourth-order valence-electron chi connectivity index (χ4n) is 2.80. The highest BCUT2D eigenvalue weighted by molar-refractivity contribution is 5.75. The summed E-state index contributed by atoms with van der Waals surface area (Å²) in [7, 11) is 0. The Morgan fingerprint density at radius 3 is 2.58 bits per heavy atom. The van der Waals surface area contributed by atoms with E-state index in [1.807, 2.05) is 0 Å². The lowest BCUT2D eigenvalue weighted by atomic mass is 10.1. The summed E-state index contributed by atoms with van der Waals surface area (Å²) < 4.78 is 38.8. The van der Waals surface area contributed by atoms with Gasteiger partial charge in [-0.3, -0.25) is 9.59 Å². The zero-order chi connectivity index (χ0) is 17.6. The lowest BCUT2D eigenvalue weighted by Gasteiger charge is -2.26. The number of nitrogens with zero attached hydrogens (tertiary/aromatic N) is 2. The van der Waals surface area contributed by atoms with Gasteiger partial charge in [0.1, 0.15) is 12.1 Å². The molecule has 0 aliphatic carbocycles. The van der Waals surface area contributed by atoms with E-state index in [0.717, 1.165) is 42.8 Å². The molecule has 2 rings (SSSR count). The van der Waals surface area contributed by atoms with E-state index < -0.39 is 29.8 Å². The predicted octanol–water partition coefficient (Wildman–Crippen LogP) is 1.86. The number of amides is 1. The molecule has 134 valence electrons. The van der Waals surface area contributed by atoms with Crippen LogP contribution in [0.15, 0.2) is 23.1 Å². The summed E-state index contributed by atoms with van der Waals surface area (Å²) in [6, 6.07) is 1.84. The molecule has 0 radical (unpaired) electrons. The first kappa shape index (κ1) is 18.5. The second kappa shape index (κ2) is 8.32. The molecule has 8 heteroatoms. The summed E-state index contributed by atoms with van der Waals surface area (Å²) in [5.74, 6) is -0.463. The molecule has 1 saturated heterocycles. The number of halogens is 3. The van der Waals surface area contributed by atoms with Gasteiger partial charge < -0.3 is 14.8 Å². The second-order valence-corrected chi connectivity index (χ2v) is 5.96. The molecule has 1 aliphatic heterocycles. The van der Waals surface area contributed by atoms with Gasteiger partial charge in [-0.1, -0.05) is 6.42 Å². The Morgan fingerprint density at radius 2 is 1.92 bits per heavy atom. The van der Waals surface area contributed by atoms with Crippen LogP contribution in [-0.4, -0.2) is 41.6 Å². The van der Waals surface area contributed by atoms with E-state index in [-0.39, 0.29) is 0 Å². The Morgan fingerprint density at radius 1 is 1.21 bits per heavy atom. The van der Waals surface area contributed by atoms with E-state index in [1.165, 1.54) is 25.5 Å². The second-order valence-electron chi connectivity index (χ2n) is 5.96. The summed E-state index contributed by atoms with van der Waals surface area (Å²) in [5.41, 5.74) is -2.46. The summed E-state index contributed by atoms with van der Waals surface area (Å²) in [5, 5.41) is 2.65. The predicted molar refractivity (Wildman–Crippen MR) is 83.6 cm³/mol. The van der Waals surface area contributed by atoms with Crippen LogP contribution in [0.2, 0.25) is 0 Å². The van der Waals surface area contributed by atoms with Gasteiger partial charge >= 0.3 is 6.18 Å². The summed E-state index contributed by atoms with van der Waals surface area (Å²) in [4.78, 5) is 25.9. The molecule has 0 atom stereocenters. The van der Waals surface area contributed by atoms with Crippen LogP contribution in [0, 0.1) is 0 Å². The van der Waals surface area contributed by atoms with Gasteiger partial charge in [0, 0.05) is 12.7 Å². The highest BCUT2D eigenvalue weighted by Crippen LogP contribution is 2.25. The topological polar surface area (TPSA) is 54.3 Å². The molecule has 0 bridgehead atoms. The van der Waals surface area contributed by atoms with Gasteiger partial charge in [-0.25, -0.2) is 0 Å². The van der Waals surface area contributed by atoms with Crippen LogP contribution >= 0.6 is 0 Å². The Hall–Kier alpha value is -1.83. The van der Waals surface area contributed by atoms with E-state index in [9.17, 15) is 22.8 Å². The fourth-order valence-corrected chi connectivity index (χ4v) is 2.80. The maximum atomic E-state index is 12.7. The highest BCUT2D eigenvalue weighted by Gasteiger charge is 2.34. The van der Waals surface area contributed by atoms with E-state index in [4.69, 9.17) is 0 Å². The average molecular weight is 345 g/mol. The third-order valence-corrected chi connectivity index (χ3v) is 4.06. The van der Waals surface area contributed by atoms with Gasteiger partial charge in [0.15, 0.2) is 0 Å². The molecule has 0 unspecified atom stereocenters. The van der Waals surface area contributed by atoms with Crippen molar-refractivity contribution in [2.75, 3.05) is 26.2 Å². The first-order valence-electron chi connectivity index (χ1n) is 8.13. The van der Waals surface area contributed by atoms with Crippen molar-refractivity contribution in [3.63, 3.8) is 0 Å². The number of rotatable bonds is 6. The minimum absolute atomic E-state index is 0.410. The molecule has 1 amide bonds. The van der Waals surface area contributed by atoms with Gasteiger partial charge in [0.25, 0.3) is 5.56 Å². The summed E-state index contributed by atoms with van der Waals surface area (Å²) in [6.45, 7) is 3.08. The number of hydrogen-bond acceptors (Lipinski definition) is 3. The van der Waals surface area contributed by atoms with Crippen LogP contribution in [0.3, 0.4) is 0 Å². The number of carbonyl (C=O) groups is 1. The van der Waals surface area contributed by atoms with Gasteiger partial charge in [-0.05, 0) is 51.0 Å². The van der Waals surface area contributed by atoms with Crippen LogP contribution in [-0.2, 0) is 17.5 Å². The molecular formula is C16H22F3N3O2. The normalized spacial score (nSPS) is 16.1. The van der Waals surface area contributed by atoms with Crippen LogP contribution in [0.5, 0.6) is 0 Å². The molecule has 0 spiro atoms. The molecule has 5 nitrogen and oxygen atoms in total. The molecule has 1 aliphatic rings. The smallest absolute Gasteiger partial charge is 0.355 e. The number of alkyl halides is 3. The molecule has 0 aromatic carbocycles. The van der Waals surface area contributed by atoms with Gasteiger partial charge in [-0.15, -0.1) is 0 Å². The van der Waals surface area contributed by atoms with Crippen molar-refractivity contribution < 1.29 is 18.0 Å². The van der Waals surface area contributed by atoms with Crippen LogP contribution < -0.4 is 10.9 Å². The molecule has 1 N–H and O–H groups in total. The number of nitrogens with one attached hydrogen (secondary N) is 1. The van der Waals surface area contributed by atoms with Crippen molar-refractivity contribution in [3.8, 4) is 0 Å². The van der Waals surface area contributed by atoms with E-state index in [0.29, 0.717) is 6.54 Å². The first-order chi connectivity index (χ1) is 11.4. The van der Waals surface area contributed by atoms with Gasteiger partial charge in [0.05, 0.1) is 0 Å². The number of likely N-dealkylation sites (tertiary alicyclic amines) is 1. The summed E-state index contributed by atoms with van der Waals surface area (Å²) >= 11 is 0. The van der Waals surface area contributed by atoms with E-state index in [2.05, 4.69) is 10.2 Å². The molecule has 0 saturated carbocycles. The molecule has 24 heavy (non-hydrogen) atoms. The Balaban J connectivity index is 1.79. The van der Waals surface area contributed by atoms with E-state index in [1.54, 1.807) is 0 Å². The third kappa shape index (κ3) is 5.36. The Kier molecular flexibility index (Phi) is 6.42. The minimum Gasteiger partial charge on any atom is -0.355 e. The summed E-state index contributed by atoms with van der Waals surface area (Å²) in [6.07, 6.45) is 0.910. The standard InChI is InChI=1S/C16H22F3N3O2/c17-16(18,19)13-6-4-11-22(15(13)24)12-14(23)20-7-5-10-21-8-2-1-3-9-21/h4,6,11H,1-3,5,7-10,12H2,(H,20,23). The molecular weight excluding hydrogens is 323 g/mol.